The topological polar surface area (TPSA) is 86.5 Å². The Labute approximate surface area is 184 Å². The molecule has 1 N–H and O–H groups in total. The van der Waals surface area contributed by atoms with E-state index in [2.05, 4.69) is 4.98 Å². The molecule has 0 spiro atoms. The van der Waals surface area contributed by atoms with Gasteiger partial charge >= 0.3 is 5.97 Å². The number of aromatic carboxylic acids is 1. The van der Waals surface area contributed by atoms with E-state index in [-0.39, 0.29) is 5.56 Å². The molecule has 0 saturated carbocycles. The Bertz CT molecular complexity index is 1310. The molecule has 32 heavy (non-hydrogen) atoms. The molecule has 0 radical (unpaired) electrons. The predicted molar refractivity (Wildman–Crippen MR) is 120 cm³/mol. The number of benzene rings is 2. The van der Waals surface area contributed by atoms with Crippen LogP contribution < -0.4 is 9.47 Å². The number of hydrogen-bond donors (Lipinski definition) is 1. The summed E-state index contributed by atoms with van der Waals surface area (Å²) >= 11 is 0. The van der Waals surface area contributed by atoms with Gasteiger partial charge in [0, 0.05) is 23.5 Å². The van der Waals surface area contributed by atoms with Gasteiger partial charge < -0.3 is 14.6 Å². The Morgan fingerprint density at radius 1 is 0.969 bits per heavy atom. The van der Waals surface area contributed by atoms with Gasteiger partial charge in [0.05, 0.1) is 16.9 Å². The molecule has 0 amide bonds. The van der Waals surface area contributed by atoms with Crippen molar-refractivity contribution in [3.8, 4) is 28.4 Å². The number of pyridine rings is 1. The van der Waals surface area contributed by atoms with Gasteiger partial charge in [-0.25, -0.2) is 9.48 Å². The lowest BCUT2D eigenvalue weighted by molar-refractivity contribution is 0.0696. The van der Waals surface area contributed by atoms with Crippen molar-refractivity contribution in [3.05, 3.63) is 89.9 Å². The van der Waals surface area contributed by atoms with E-state index in [0.29, 0.717) is 30.4 Å². The zero-order valence-electron chi connectivity index (χ0n) is 17.0. The molecular formula is C25H19N3O4. The highest BCUT2D eigenvalue weighted by Gasteiger charge is 2.16. The molecule has 0 saturated heterocycles. The molecule has 4 aromatic rings. The van der Waals surface area contributed by atoms with Crippen molar-refractivity contribution in [1.82, 2.24) is 14.8 Å². The number of nitrogens with zero attached hydrogens (tertiary/aromatic N) is 3. The van der Waals surface area contributed by atoms with Crippen molar-refractivity contribution in [2.24, 2.45) is 0 Å². The van der Waals surface area contributed by atoms with Crippen molar-refractivity contribution >= 4 is 18.1 Å². The molecule has 2 aromatic carbocycles. The molecule has 0 atom stereocenters. The van der Waals surface area contributed by atoms with Gasteiger partial charge in [-0.15, -0.1) is 0 Å². The first-order valence-electron chi connectivity index (χ1n) is 10.1. The maximum atomic E-state index is 11.3. The van der Waals surface area contributed by atoms with Crippen LogP contribution in [0, 0.1) is 0 Å². The second kappa shape index (κ2) is 8.39. The fraction of sp³-hybridized carbons (Fsp3) is 0.0800. The molecule has 7 heteroatoms. The van der Waals surface area contributed by atoms with E-state index in [1.165, 1.54) is 18.3 Å². The summed E-state index contributed by atoms with van der Waals surface area (Å²) in [6.45, 7) is 1.04. The van der Waals surface area contributed by atoms with Crippen LogP contribution in [-0.2, 0) is 0 Å². The van der Waals surface area contributed by atoms with E-state index in [0.717, 1.165) is 22.5 Å². The summed E-state index contributed by atoms with van der Waals surface area (Å²) in [5.74, 6) is 0.416. The maximum Gasteiger partial charge on any atom is 0.335 e. The van der Waals surface area contributed by atoms with Crippen molar-refractivity contribution in [1.29, 1.82) is 0 Å². The monoisotopic (exact) mass is 425 g/mol. The second-order valence-electron chi connectivity index (χ2n) is 7.18. The highest BCUT2D eigenvalue weighted by Crippen LogP contribution is 2.35. The summed E-state index contributed by atoms with van der Waals surface area (Å²) in [6.07, 6.45) is 7.07. The number of rotatable bonds is 5. The number of carboxylic acids is 1. The van der Waals surface area contributed by atoms with Crippen LogP contribution in [0.2, 0.25) is 0 Å². The van der Waals surface area contributed by atoms with Gasteiger partial charge in [-0.2, -0.15) is 5.10 Å². The van der Waals surface area contributed by atoms with E-state index in [1.54, 1.807) is 6.08 Å². The largest absolute Gasteiger partial charge is 0.486 e. The fourth-order valence-corrected chi connectivity index (χ4v) is 3.48. The smallest absolute Gasteiger partial charge is 0.335 e. The van der Waals surface area contributed by atoms with Crippen molar-refractivity contribution in [2.75, 3.05) is 13.2 Å². The Hall–Kier alpha value is -4.39. The van der Waals surface area contributed by atoms with Crippen LogP contribution in [0.5, 0.6) is 11.5 Å². The summed E-state index contributed by atoms with van der Waals surface area (Å²) < 4.78 is 13.2. The number of hydrogen-bond acceptors (Lipinski definition) is 5. The molecular weight excluding hydrogens is 406 g/mol. The molecule has 3 heterocycles. The summed E-state index contributed by atoms with van der Waals surface area (Å²) in [7, 11) is 0. The van der Waals surface area contributed by atoms with E-state index in [4.69, 9.17) is 14.6 Å². The predicted octanol–water partition coefficient (Wildman–Crippen LogP) is 4.57. The number of ether oxygens (including phenoxy) is 2. The highest BCUT2D eigenvalue weighted by atomic mass is 16.6. The third-order valence-corrected chi connectivity index (χ3v) is 5.04. The summed E-state index contributed by atoms with van der Waals surface area (Å²) in [6, 6.07) is 18.6. The zero-order chi connectivity index (χ0) is 21.9. The van der Waals surface area contributed by atoms with Gasteiger partial charge in [0.15, 0.2) is 11.5 Å². The SMILES string of the molecule is O=C(O)c1ccnc(/C=C/c2cn(-c3ccccc3)nc2-c2ccc3c(c2)OCCO3)c1. The third-order valence-electron chi connectivity index (χ3n) is 5.04. The first-order valence-corrected chi connectivity index (χ1v) is 10.1. The van der Waals surface area contributed by atoms with Gasteiger partial charge in [-0.1, -0.05) is 18.2 Å². The summed E-state index contributed by atoms with van der Waals surface area (Å²) in [5, 5.41) is 14.0. The van der Waals surface area contributed by atoms with Crippen LogP contribution in [0.4, 0.5) is 0 Å². The minimum absolute atomic E-state index is 0.187. The molecule has 1 aliphatic rings. The quantitative estimate of drug-likeness (QED) is 0.504. The molecule has 1 aliphatic heterocycles. The molecule has 5 rings (SSSR count). The zero-order valence-corrected chi connectivity index (χ0v) is 17.0. The lowest BCUT2D eigenvalue weighted by Gasteiger charge is -2.18. The van der Waals surface area contributed by atoms with Gasteiger partial charge in [-0.3, -0.25) is 4.98 Å². The normalized spacial score (nSPS) is 12.8. The third kappa shape index (κ3) is 3.96. The Morgan fingerprint density at radius 2 is 1.78 bits per heavy atom. The maximum absolute atomic E-state index is 11.3. The number of para-hydroxylation sites is 1. The van der Waals surface area contributed by atoms with Gasteiger partial charge in [0.25, 0.3) is 0 Å². The standard InChI is InChI=1S/C25H19N3O4/c29-25(30)18-10-11-26-20(14-18)8-6-19-16-28(21-4-2-1-3-5-21)27-24(19)17-7-9-22-23(15-17)32-13-12-31-22/h1-11,14-16H,12-13H2,(H,29,30)/b8-6+. The first kappa shape index (κ1) is 19.6. The minimum atomic E-state index is -0.990. The molecule has 0 unspecified atom stereocenters. The average Bonchev–Trinajstić information content (AvgIpc) is 3.27. The number of aromatic nitrogens is 3. The summed E-state index contributed by atoms with van der Waals surface area (Å²) in [5.41, 5.74) is 4.16. The Balaban J connectivity index is 1.57. The van der Waals surface area contributed by atoms with Crippen LogP contribution in [0.25, 0.3) is 29.1 Å². The molecule has 7 nitrogen and oxygen atoms in total. The Morgan fingerprint density at radius 3 is 2.59 bits per heavy atom. The average molecular weight is 425 g/mol. The number of fused-ring (bicyclic) bond motifs is 1. The van der Waals surface area contributed by atoms with E-state index in [1.807, 2.05) is 65.5 Å². The van der Waals surface area contributed by atoms with Crippen LogP contribution in [0.15, 0.2) is 73.1 Å². The Kier molecular flexibility index (Phi) is 5.13. The van der Waals surface area contributed by atoms with E-state index < -0.39 is 5.97 Å². The van der Waals surface area contributed by atoms with E-state index in [9.17, 15) is 9.90 Å². The van der Waals surface area contributed by atoms with Crippen molar-refractivity contribution in [2.45, 2.75) is 0 Å². The van der Waals surface area contributed by atoms with Crippen molar-refractivity contribution in [3.63, 3.8) is 0 Å². The highest BCUT2D eigenvalue weighted by molar-refractivity contribution is 5.88. The van der Waals surface area contributed by atoms with Crippen LogP contribution in [0.3, 0.4) is 0 Å². The van der Waals surface area contributed by atoms with E-state index >= 15 is 0 Å². The molecule has 0 fully saturated rings. The van der Waals surface area contributed by atoms with Crippen LogP contribution in [-0.4, -0.2) is 39.1 Å². The molecule has 0 bridgehead atoms. The van der Waals surface area contributed by atoms with Gasteiger partial charge in [0.2, 0.25) is 0 Å². The summed E-state index contributed by atoms with van der Waals surface area (Å²) in [4.78, 5) is 15.5. The minimum Gasteiger partial charge on any atom is -0.486 e. The van der Waals surface area contributed by atoms with Crippen LogP contribution >= 0.6 is 0 Å². The second-order valence-corrected chi connectivity index (χ2v) is 7.18. The number of carboxylic acid groups (broad SMARTS) is 1. The lowest BCUT2D eigenvalue weighted by Crippen LogP contribution is -2.15. The lowest BCUT2D eigenvalue weighted by atomic mass is 10.1. The van der Waals surface area contributed by atoms with Crippen LogP contribution in [0.1, 0.15) is 21.6 Å². The molecule has 0 aliphatic carbocycles. The fourth-order valence-electron chi connectivity index (χ4n) is 3.48. The van der Waals surface area contributed by atoms with Gasteiger partial charge in [-0.05, 0) is 54.6 Å². The molecule has 158 valence electrons. The molecule has 2 aromatic heterocycles. The first-order chi connectivity index (χ1) is 15.7. The number of carbonyl (C=O) groups is 1. The van der Waals surface area contributed by atoms with Crippen molar-refractivity contribution < 1.29 is 19.4 Å². The van der Waals surface area contributed by atoms with Gasteiger partial charge in [0.1, 0.15) is 18.9 Å².